The van der Waals surface area contributed by atoms with Gasteiger partial charge in [0.15, 0.2) is 5.78 Å². The summed E-state index contributed by atoms with van der Waals surface area (Å²) in [5.74, 6) is -2.36. The van der Waals surface area contributed by atoms with E-state index in [4.69, 9.17) is 16.6 Å². The van der Waals surface area contributed by atoms with E-state index < -0.39 is 29.5 Å². The fraction of sp³-hybridized carbons (Fsp3) is 0.233. The molecule has 38 heavy (non-hydrogen) atoms. The van der Waals surface area contributed by atoms with Gasteiger partial charge in [-0.1, -0.05) is 66.2 Å². The summed E-state index contributed by atoms with van der Waals surface area (Å²) in [5, 5.41) is 3.02. The maximum absolute atomic E-state index is 13.7. The quantitative estimate of drug-likeness (QED) is 0.374. The molecule has 5 rings (SSSR count). The Balaban J connectivity index is 1.55. The highest BCUT2D eigenvalue weighted by molar-refractivity contribution is 6.31. The van der Waals surface area contributed by atoms with Crippen LogP contribution in [-0.4, -0.2) is 17.4 Å². The fourth-order valence-corrected chi connectivity index (χ4v) is 5.67. The molecule has 1 heterocycles. The smallest absolute Gasteiger partial charge is 0.325 e. The van der Waals surface area contributed by atoms with Crippen LogP contribution < -0.4 is 5.32 Å². The van der Waals surface area contributed by atoms with Gasteiger partial charge in [-0.25, -0.2) is 0 Å². The number of aliphatic imine (C=N–C) groups is 1. The number of allylic oxidation sites excluding steroid dienone is 2. The van der Waals surface area contributed by atoms with Gasteiger partial charge in [0.1, 0.15) is 0 Å². The van der Waals surface area contributed by atoms with Gasteiger partial charge in [-0.05, 0) is 54.7 Å². The zero-order valence-corrected chi connectivity index (χ0v) is 21.2. The second-order valence-electron chi connectivity index (χ2n) is 9.60. The van der Waals surface area contributed by atoms with E-state index in [-0.39, 0.29) is 23.8 Å². The van der Waals surface area contributed by atoms with Crippen molar-refractivity contribution in [1.29, 1.82) is 0 Å². The highest BCUT2D eigenvalue weighted by atomic mass is 35.5. The zero-order chi connectivity index (χ0) is 27.0. The van der Waals surface area contributed by atoms with Gasteiger partial charge in [-0.2, -0.15) is 13.2 Å². The first kappa shape index (κ1) is 25.9. The molecule has 3 atom stereocenters. The Hall–Kier alpha value is -3.71. The Labute approximate surface area is 223 Å². The zero-order valence-electron chi connectivity index (χ0n) is 20.4. The van der Waals surface area contributed by atoms with Gasteiger partial charge in [-0.15, -0.1) is 0 Å². The minimum absolute atomic E-state index is 0.00872. The summed E-state index contributed by atoms with van der Waals surface area (Å²) in [6.45, 7) is 1.71. The number of hydrogen-bond donors (Lipinski definition) is 1. The molecule has 0 spiro atoms. The van der Waals surface area contributed by atoms with Crippen LogP contribution in [-0.2, 0) is 15.8 Å². The van der Waals surface area contributed by atoms with Crippen LogP contribution >= 0.6 is 11.6 Å². The molecule has 3 aromatic carbocycles. The fourth-order valence-electron chi connectivity index (χ4n) is 5.42. The molecule has 1 aliphatic heterocycles. The second-order valence-corrected chi connectivity index (χ2v) is 10.0. The number of hydrogen-bond acceptors (Lipinski definition) is 3. The lowest BCUT2D eigenvalue weighted by molar-refractivity contribution is -0.137. The van der Waals surface area contributed by atoms with Crippen molar-refractivity contribution in [3.8, 4) is 0 Å². The van der Waals surface area contributed by atoms with Gasteiger partial charge in [0.25, 0.3) is 0 Å². The van der Waals surface area contributed by atoms with Crippen molar-refractivity contribution in [3.63, 3.8) is 0 Å². The monoisotopic (exact) mass is 536 g/mol. The molecule has 2 aliphatic rings. The lowest BCUT2D eigenvalue weighted by Gasteiger charge is -2.37. The van der Waals surface area contributed by atoms with Crippen molar-refractivity contribution in [2.45, 2.75) is 37.8 Å². The van der Waals surface area contributed by atoms with Gasteiger partial charge in [-0.3, -0.25) is 14.6 Å². The third-order valence-electron chi connectivity index (χ3n) is 7.14. The van der Waals surface area contributed by atoms with Crippen molar-refractivity contribution in [2.75, 3.05) is 5.32 Å². The molecule has 0 bridgehead atoms. The highest BCUT2D eigenvalue weighted by Crippen LogP contribution is 2.48. The number of carbonyl (C=O) groups is 2. The van der Waals surface area contributed by atoms with Gasteiger partial charge in [0.2, 0.25) is 5.91 Å². The van der Waals surface area contributed by atoms with Crippen LogP contribution in [0.15, 0.2) is 95.1 Å². The SMILES string of the molecule is CC1=NC2=C(C(=O)C[C@H](c3ccccc3)C2)[C@@H](c2ccccc2Cl)C1C(=O)Nc1cccc(C(F)(F)F)c1. The van der Waals surface area contributed by atoms with E-state index in [2.05, 4.69) is 5.32 Å². The number of rotatable bonds is 4. The third-order valence-corrected chi connectivity index (χ3v) is 7.48. The molecular weight excluding hydrogens is 513 g/mol. The van der Waals surface area contributed by atoms with Gasteiger partial charge >= 0.3 is 6.18 Å². The molecule has 0 radical (unpaired) electrons. The first-order chi connectivity index (χ1) is 18.1. The van der Waals surface area contributed by atoms with Crippen LogP contribution in [0.3, 0.4) is 0 Å². The minimum Gasteiger partial charge on any atom is -0.325 e. The molecule has 194 valence electrons. The lowest BCUT2D eigenvalue weighted by Crippen LogP contribution is -2.40. The maximum Gasteiger partial charge on any atom is 0.416 e. The van der Waals surface area contributed by atoms with Crippen LogP contribution in [0.5, 0.6) is 0 Å². The standard InChI is InChI=1S/C30H24ClF3N2O2/c1-17-26(29(38)36-21-11-7-10-20(16-21)30(32,33)34)27(22-12-5-6-13-23(22)31)28-24(35-17)14-19(15-25(28)37)18-8-3-2-4-9-18/h2-13,16,19,26-27H,14-15H2,1H3,(H,36,38)/t19-,26?,27+/m1/s1. The Morgan fingerprint density at radius 3 is 2.39 bits per heavy atom. The molecule has 4 nitrogen and oxygen atoms in total. The molecule has 1 N–H and O–H groups in total. The Morgan fingerprint density at radius 2 is 1.68 bits per heavy atom. The average Bonchev–Trinajstić information content (AvgIpc) is 2.88. The summed E-state index contributed by atoms with van der Waals surface area (Å²) in [6.07, 6.45) is -3.75. The summed E-state index contributed by atoms with van der Waals surface area (Å²) in [5.41, 5.74) is 2.33. The molecule has 3 aromatic rings. The molecule has 8 heteroatoms. The highest BCUT2D eigenvalue weighted by Gasteiger charge is 2.44. The minimum atomic E-state index is -4.55. The molecule has 1 aliphatic carbocycles. The van der Waals surface area contributed by atoms with Gasteiger partial charge < -0.3 is 5.32 Å². The van der Waals surface area contributed by atoms with Crippen molar-refractivity contribution < 1.29 is 22.8 Å². The average molecular weight is 537 g/mol. The molecule has 0 aromatic heterocycles. The van der Waals surface area contributed by atoms with E-state index in [9.17, 15) is 22.8 Å². The summed E-state index contributed by atoms with van der Waals surface area (Å²) in [7, 11) is 0. The number of nitrogens with one attached hydrogen (secondary N) is 1. The van der Waals surface area contributed by atoms with E-state index in [0.717, 1.165) is 17.7 Å². The van der Waals surface area contributed by atoms with Crippen molar-refractivity contribution in [3.05, 3.63) is 112 Å². The number of carbonyl (C=O) groups excluding carboxylic acids is 2. The van der Waals surface area contributed by atoms with Crippen LogP contribution in [0.2, 0.25) is 5.02 Å². The number of ketones is 1. The molecule has 0 saturated heterocycles. The largest absolute Gasteiger partial charge is 0.416 e. The molecule has 0 saturated carbocycles. The van der Waals surface area contributed by atoms with Gasteiger partial charge in [0.05, 0.1) is 11.5 Å². The number of halogens is 4. The number of Topliss-reactive ketones (excluding diaryl/α,β-unsaturated/α-hetero) is 1. The summed E-state index contributed by atoms with van der Waals surface area (Å²) in [6, 6.07) is 21.2. The predicted molar refractivity (Wildman–Crippen MR) is 141 cm³/mol. The van der Waals surface area contributed by atoms with Crippen LogP contribution in [0.25, 0.3) is 0 Å². The molecule has 1 unspecified atom stereocenters. The Morgan fingerprint density at radius 1 is 0.974 bits per heavy atom. The number of alkyl halides is 3. The van der Waals surface area contributed by atoms with E-state index in [1.54, 1.807) is 31.2 Å². The summed E-state index contributed by atoms with van der Waals surface area (Å²) >= 11 is 6.58. The second kappa shape index (κ2) is 10.2. The summed E-state index contributed by atoms with van der Waals surface area (Å²) in [4.78, 5) is 32.0. The van der Waals surface area contributed by atoms with E-state index in [1.165, 1.54) is 12.1 Å². The van der Waals surface area contributed by atoms with Crippen molar-refractivity contribution in [1.82, 2.24) is 0 Å². The van der Waals surface area contributed by atoms with E-state index >= 15 is 0 Å². The number of benzene rings is 3. The predicted octanol–water partition coefficient (Wildman–Crippen LogP) is 7.57. The molecular formula is C30H24ClF3N2O2. The third kappa shape index (κ3) is 5.03. The molecule has 0 fully saturated rings. The first-order valence-electron chi connectivity index (χ1n) is 12.2. The van der Waals surface area contributed by atoms with E-state index in [0.29, 0.717) is 34.0 Å². The van der Waals surface area contributed by atoms with Crippen LogP contribution in [0, 0.1) is 5.92 Å². The number of anilines is 1. The van der Waals surface area contributed by atoms with Crippen LogP contribution in [0.1, 0.15) is 48.3 Å². The normalized spacial score (nSPS) is 21.6. The van der Waals surface area contributed by atoms with Crippen LogP contribution in [0.4, 0.5) is 18.9 Å². The van der Waals surface area contributed by atoms with Crippen molar-refractivity contribution in [2.24, 2.45) is 10.9 Å². The Bertz CT molecular complexity index is 1460. The van der Waals surface area contributed by atoms with Gasteiger partial charge in [0, 0.05) is 40.0 Å². The van der Waals surface area contributed by atoms with E-state index in [1.807, 2.05) is 30.3 Å². The number of amides is 1. The lowest BCUT2D eigenvalue weighted by atomic mass is 9.69. The first-order valence-corrected chi connectivity index (χ1v) is 12.6. The van der Waals surface area contributed by atoms with Crippen molar-refractivity contribution >= 4 is 34.7 Å². The molecule has 1 amide bonds. The maximum atomic E-state index is 13.7. The summed E-state index contributed by atoms with van der Waals surface area (Å²) < 4.78 is 39.7. The Kier molecular flexibility index (Phi) is 6.97. The topological polar surface area (TPSA) is 58.5 Å². The number of nitrogens with zero attached hydrogens (tertiary/aromatic N) is 1.